The lowest BCUT2D eigenvalue weighted by atomic mass is 9.86. The Kier molecular flexibility index (Phi) is 6.32. The maximum atomic E-state index is 14.3. The minimum absolute atomic E-state index is 0.0490. The summed E-state index contributed by atoms with van der Waals surface area (Å²) in [4.78, 5) is 42.0. The number of aromatic nitrogens is 1. The Balaban J connectivity index is 1.63. The van der Waals surface area contributed by atoms with Gasteiger partial charge in [0, 0.05) is 24.4 Å². The molecule has 2 saturated carbocycles. The molecule has 0 saturated heterocycles. The van der Waals surface area contributed by atoms with Gasteiger partial charge in [-0.1, -0.05) is 38.5 Å². The summed E-state index contributed by atoms with van der Waals surface area (Å²) in [5.41, 5.74) is 0.206. The molecule has 1 aliphatic heterocycles. The number of carbonyl (C=O) groups excluding carboxylic acids is 3. The molecular formula is C27H35FN4O3. The molecule has 1 aromatic carbocycles. The summed E-state index contributed by atoms with van der Waals surface area (Å²) in [5, 5.41) is 6.53. The zero-order valence-corrected chi connectivity index (χ0v) is 20.7. The molecule has 2 heterocycles. The quantitative estimate of drug-likeness (QED) is 0.661. The number of hydrogen-bond acceptors (Lipinski definition) is 3. The van der Waals surface area contributed by atoms with Crippen LogP contribution in [0, 0.1) is 5.82 Å². The number of hydrogen-bond donors (Lipinski definition) is 2. The van der Waals surface area contributed by atoms with E-state index >= 15 is 0 Å². The van der Waals surface area contributed by atoms with Crippen molar-refractivity contribution in [2.45, 2.75) is 102 Å². The molecule has 8 heteroatoms. The molecule has 35 heavy (non-hydrogen) atoms. The van der Waals surface area contributed by atoms with E-state index in [0.717, 1.165) is 57.8 Å². The van der Waals surface area contributed by atoms with E-state index in [2.05, 4.69) is 10.6 Å². The van der Waals surface area contributed by atoms with E-state index in [-0.39, 0.29) is 36.3 Å². The fourth-order valence-electron chi connectivity index (χ4n) is 6.42. The summed E-state index contributed by atoms with van der Waals surface area (Å²) < 4.78 is 16.1. The van der Waals surface area contributed by atoms with Gasteiger partial charge < -0.3 is 20.1 Å². The van der Waals surface area contributed by atoms with Gasteiger partial charge in [-0.15, -0.1) is 0 Å². The molecule has 3 amide bonds. The molecule has 7 nitrogen and oxygen atoms in total. The average Bonchev–Trinajstić information content (AvgIpc) is 3.12. The summed E-state index contributed by atoms with van der Waals surface area (Å²) in [7, 11) is 0. The second kappa shape index (κ2) is 9.28. The van der Waals surface area contributed by atoms with Crippen molar-refractivity contribution in [1.29, 1.82) is 0 Å². The Morgan fingerprint density at radius 2 is 1.69 bits per heavy atom. The lowest BCUT2D eigenvalue weighted by Gasteiger charge is -2.49. The van der Waals surface area contributed by atoms with Gasteiger partial charge in [0.1, 0.15) is 17.1 Å². The van der Waals surface area contributed by atoms with Crippen LogP contribution in [-0.2, 0) is 16.1 Å². The highest BCUT2D eigenvalue weighted by Gasteiger charge is 2.51. The number of anilines is 1. The molecule has 5 rings (SSSR count). The van der Waals surface area contributed by atoms with Gasteiger partial charge >= 0.3 is 0 Å². The first-order valence-electron chi connectivity index (χ1n) is 13.0. The van der Waals surface area contributed by atoms with E-state index in [1.54, 1.807) is 11.0 Å². The summed E-state index contributed by atoms with van der Waals surface area (Å²) >= 11 is 0. The van der Waals surface area contributed by atoms with Gasteiger partial charge in [0.25, 0.3) is 5.91 Å². The first-order valence-corrected chi connectivity index (χ1v) is 13.0. The van der Waals surface area contributed by atoms with Crippen LogP contribution in [0.1, 0.15) is 88.5 Å². The zero-order valence-electron chi connectivity index (χ0n) is 20.7. The predicted octanol–water partition coefficient (Wildman–Crippen LogP) is 4.73. The minimum Gasteiger partial charge on any atom is -0.351 e. The van der Waals surface area contributed by atoms with Gasteiger partial charge in [-0.2, -0.15) is 0 Å². The monoisotopic (exact) mass is 482 g/mol. The Morgan fingerprint density at radius 1 is 1.03 bits per heavy atom. The maximum Gasteiger partial charge on any atom is 0.273 e. The molecule has 2 aliphatic carbocycles. The molecule has 0 spiro atoms. The third kappa shape index (κ3) is 4.21. The molecule has 0 radical (unpaired) electrons. The Morgan fingerprint density at radius 3 is 2.34 bits per heavy atom. The SMILES string of the molecule is CC(=O)Nc1c2n(c3ccc(F)cc13)C[C@@](C)(C(=O)NC1CCCCC1)N(C1CCCCC1)C2=O. The van der Waals surface area contributed by atoms with Crippen molar-refractivity contribution < 1.29 is 18.8 Å². The summed E-state index contributed by atoms with van der Waals surface area (Å²) in [5.74, 6) is -1.17. The molecule has 1 atom stereocenters. The van der Waals surface area contributed by atoms with Crippen LogP contribution < -0.4 is 10.6 Å². The van der Waals surface area contributed by atoms with E-state index in [1.165, 1.54) is 25.5 Å². The minimum atomic E-state index is -1.09. The summed E-state index contributed by atoms with van der Waals surface area (Å²) in [6, 6.07) is 4.41. The van der Waals surface area contributed by atoms with Crippen LogP contribution in [0.25, 0.3) is 10.9 Å². The van der Waals surface area contributed by atoms with Gasteiger partial charge in [0.15, 0.2) is 0 Å². The molecule has 2 N–H and O–H groups in total. The van der Waals surface area contributed by atoms with Crippen LogP contribution in [0.3, 0.4) is 0 Å². The molecule has 0 unspecified atom stereocenters. The molecular weight excluding hydrogens is 447 g/mol. The van der Waals surface area contributed by atoms with E-state index in [1.807, 2.05) is 11.5 Å². The molecule has 2 fully saturated rings. The third-order valence-corrected chi connectivity index (χ3v) is 8.11. The van der Waals surface area contributed by atoms with E-state index in [4.69, 9.17) is 0 Å². The van der Waals surface area contributed by atoms with Crippen molar-refractivity contribution >= 4 is 34.3 Å². The normalized spacial score (nSPS) is 23.9. The van der Waals surface area contributed by atoms with E-state index < -0.39 is 11.4 Å². The molecule has 0 bridgehead atoms. The number of benzene rings is 1. The van der Waals surface area contributed by atoms with Gasteiger partial charge in [-0.25, -0.2) is 4.39 Å². The zero-order chi connectivity index (χ0) is 24.7. The van der Waals surface area contributed by atoms with E-state index in [0.29, 0.717) is 22.3 Å². The van der Waals surface area contributed by atoms with Gasteiger partial charge in [-0.3, -0.25) is 14.4 Å². The molecule has 2 aromatic rings. The number of carbonyl (C=O) groups is 3. The highest BCUT2D eigenvalue weighted by molar-refractivity contribution is 6.14. The smallest absolute Gasteiger partial charge is 0.273 e. The Hall–Kier alpha value is -2.90. The lowest BCUT2D eigenvalue weighted by Crippen LogP contribution is -2.67. The van der Waals surface area contributed by atoms with Crippen LogP contribution in [0.15, 0.2) is 18.2 Å². The predicted molar refractivity (Wildman–Crippen MR) is 133 cm³/mol. The van der Waals surface area contributed by atoms with Gasteiger partial charge in [-0.05, 0) is 50.8 Å². The first-order chi connectivity index (χ1) is 16.8. The van der Waals surface area contributed by atoms with Crippen molar-refractivity contribution in [3.05, 3.63) is 29.7 Å². The highest BCUT2D eigenvalue weighted by Crippen LogP contribution is 2.42. The van der Waals surface area contributed by atoms with E-state index in [9.17, 15) is 18.8 Å². The van der Waals surface area contributed by atoms with Gasteiger partial charge in [0.05, 0.1) is 17.7 Å². The second-order valence-electron chi connectivity index (χ2n) is 10.7. The van der Waals surface area contributed by atoms with Crippen molar-refractivity contribution in [2.75, 3.05) is 5.32 Å². The number of halogens is 1. The summed E-state index contributed by atoms with van der Waals surface area (Å²) in [6.07, 6.45) is 10.2. The Bertz CT molecular complexity index is 1160. The van der Waals surface area contributed by atoms with Crippen molar-refractivity contribution in [3.8, 4) is 0 Å². The van der Waals surface area contributed by atoms with Crippen molar-refractivity contribution in [3.63, 3.8) is 0 Å². The van der Waals surface area contributed by atoms with Crippen LogP contribution in [0.4, 0.5) is 10.1 Å². The number of rotatable bonds is 4. The van der Waals surface area contributed by atoms with Crippen molar-refractivity contribution in [1.82, 2.24) is 14.8 Å². The third-order valence-electron chi connectivity index (χ3n) is 8.11. The first kappa shape index (κ1) is 23.8. The number of fused-ring (bicyclic) bond motifs is 3. The summed E-state index contributed by atoms with van der Waals surface area (Å²) in [6.45, 7) is 3.50. The second-order valence-corrected chi connectivity index (χ2v) is 10.7. The van der Waals surface area contributed by atoms with Crippen LogP contribution in [0.2, 0.25) is 0 Å². The largest absolute Gasteiger partial charge is 0.351 e. The van der Waals surface area contributed by atoms with Crippen LogP contribution in [-0.4, -0.2) is 44.8 Å². The van der Waals surface area contributed by atoms with Gasteiger partial charge in [0.2, 0.25) is 11.8 Å². The average molecular weight is 483 g/mol. The Labute approximate surface area is 205 Å². The highest BCUT2D eigenvalue weighted by atomic mass is 19.1. The topological polar surface area (TPSA) is 83.4 Å². The van der Waals surface area contributed by atoms with Crippen LogP contribution >= 0.6 is 0 Å². The van der Waals surface area contributed by atoms with Crippen molar-refractivity contribution in [2.24, 2.45) is 0 Å². The molecule has 1 aromatic heterocycles. The fourth-order valence-corrected chi connectivity index (χ4v) is 6.42. The molecule has 3 aliphatic rings. The number of nitrogens with one attached hydrogen (secondary N) is 2. The number of amides is 3. The number of nitrogens with zero attached hydrogens (tertiary/aromatic N) is 2. The van der Waals surface area contributed by atoms with Crippen LogP contribution in [0.5, 0.6) is 0 Å². The maximum absolute atomic E-state index is 14.3. The fraction of sp³-hybridized carbons (Fsp3) is 0.593. The lowest BCUT2D eigenvalue weighted by molar-refractivity contribution is -0.135. The standard InChI is InChI=1S/C27H35FN4O3/c1-17(33)29-23-21-15-18(28)13-14-22(21)31-16-27(2,26(35)30-19-9-5-3-6-10-19)32(25(34)24(23)31)20-11-7-4-8-12-20/h13-15,19-20H,3-12,16H2,1-2H3,(H,29,33)(H,30,35)/t27-/m0/s1. The molecule has 188 valence electrons.